The molecule has 0 aliphatic carbocycles. The lowest BCUT2D eigenvalue weighted by atomic mass is 9.78. The lowest BCUT2D eigenvalue weighted by molar-refractivity contribution is 0.00578. The first kappa shape index (κ1) is 19.7. The van der Waals surface area contributed by atoms with E-state index in [1.807, 2.05) is 30.3 Å². The van der Waals surface area contributed by atoms with E-state index in [1.165, 1.54) is 0 Å². The third-order valence-corrected chi connectivity index (χ3v) is 5.87. The molecule has 3 aromatic rings. The Morgan fingerprint density at radius 1 is 0.690 bits per heavy atom. The first-order valence-electron chi connectivity index (χ1n) is 10.1. The smallest absolute Gasteiger partial charge is 0.489 e. The Hall–Kier alpha value is -2.56. The molecule has 3 aromatic carbocycles. The molecule has 29 heavy (non-hydrogen) atoms. The van der Waals surface area contributed by atoms with Crippen LogP contribution in [0.2, 0.25) is 0 Å². The highest BCUT2D eigenvalue weighted by molar-refractivity contribution is 6.62. The average Bonchev–Trinajstić information content (AvgIpc) is 2.95. The van der Waals surface area contributed by atoms with Crippen LogP contribution in [0.25, 0.3) is 11.1 Å². The van der Waals surface area contributed by atoms with E-state index in [9.17, 15) is 0 Å². The summed E-state index contributed by atoms with van der Waals surface area (Å²) in [6.07, 6.45) is 0. The monoisotopic (exact) mass is 386 g/mol. The van der Waals surface area contributed by atoms with Crippen molar-refractivity contribution in [3.05, 3.63) is 84.4 Å². The van der Waals surface area contributed by atoms with Crippen LogP contribution in [0.15, 0.2) is 78.9 Å². The van der Waals surface area contributed by atoms with E-state index in [1.54, 1.807) is 0 Å². The van der Waals surface area contributed by atoms with Crippen molar-refractivity contribution < 1.29 is 14.0 Å². The molecular formula is C25H27BO3. The van der Waals surface area contributed by atoms with Gasteiger partial charge in [-0.15, -0.1) is 0 Å². The van der Waals surface area contributed by atoms with Crippen molar-refractivity contribution >= 4 is 12.6 Å². The molecule has 0 bridgehead atoms. The van der Waals surface area contributed by atoms with Crippen LogP contribution in [0.4, 0.5) is 0 Å². The van der Waals surface area contributed by atoms with E-state index in [0.717, 1.165) is 27.9 Å². The number of benzene rings is 3. The zero-order valence-corrected chi connectivity index (χ0v) is 17.5. The Morgan fingerprint density at radius 2 is 1.21 bits per heavy atom. The van der Waals surface area contributed by atoms with Gasteiger partial charge in [-0.25, -0.2) is 0 Å². The Kier molecular flexibility index (Phi) is 5.24. The van der Waals surface area contributed by atoms with Crippen LogP contribution in [0, 0.1) is 0 Å². The van der Waals surface area contributed by atoms with Gasteiger partial charge in [-0.1, -0.05) is 66.7 Å². The highest BCUT2D eigenvalue weighted by Crippen LogP contribution is 2.36. The third kappa shape index (κ3) is 4.24. The molecule has 1 saturated heterocycles. The minimum absolute atomic E-state index is 0.327. The Balaban J connectivity index is 1.42. The largest absolute Gasteiger partial charge is 0.494 e. The molecule has 0 atom stereocenters. The Bertz CT molecular complexity index is 932. The number of ether oxygens (including phenoxy) is 1. The van der Waals surface area contributed by atoms with Crippen molar-refractivity contribution in [1.82, 2.24) is 0 Å². The zero-order chi connectivity index (χ0) is 20.5. The molecule has 1 fully saturated rings. The van der Waals surface area contributed by atoms with Crippen LogP contribution in [0.3, 0.4) is 0 Å². The lowest BCUT2D eigenvalue weighted by Crippen LogP contribution is -2.41. The van der Waals surface area contributed by atoms with Crippen LogP contribution < -0.4 is 10.2 Å². The second kappa shape index (κ2) is 7.70. The summed E-state index contributed by atoms with van der Waals surface area (Å²) in [6, 6.07) is 26.8. The topological polar surface area (TPSA) is 27.7 Å². The molecule has 0 saturated carbocycles. The molecular weight excluding hydrogens is 359 g/mol. The Labute approximate surface area is 173 Å². The minimum atomic E-state index is -0.331. The summed E-state index contributed by atoms with van der Waals surface area (Å²) in [5.74, 6) is 0.867. The fourth-order valence-electron chi connectivity index (χ4n) is 3.30. The van der Waals surface area contributed by atoms with Crippen LogP contribution in [-0.2, 0) is 15.9 Å². The van der Waals surface area contributed by atoms with Gasteiger partial charge in [0.25, 0.3) is 0 Å². The first-order chi connectivity index (χ1) is 13.8. The molecule has 0 amide bonds. The second-order valence-electron chi connectivity index (χ2n) is 8.51. The molecule has 4 heteroatoms. The van der Waals surface area contributed by atoms with Crippen molar-refractivity contribution in [2.24, 2.45) is 0 Å². The van der Waals surface area contributed by atoms with Gasteiger partial charge in [0, 0.05) is 0 Å². The standard InChI is InChI=1S/C25H27BO3/c1-24(2)25(3,4)29-26(28-24)22-14-10-20(11-15-22)21-12-16-23(17-13-21)27-18-19-8-6-5-7-9-19/h5-17H,18H2,1-4H3. The van der Waals surface area contributed by atoms with E-state index in [2.05, 4.69) is 76.2 Å². The van der Waals surface area contributed by atoms with Crippen LogP contribution in [-0.4, -0.2) is 18.3 Å². The number of hydrogen-bond donors (Lipinski definition) is 0. The quantitative estimate of drug-likeness (QED) is 0.562. The van der Waals surface area contributed by atoms with Crippen molar-refractivity contribution in [2.45, 2.75) is 45.5 Å². The lowest BCUT2D eigenvalue weighted by Gasteiger charge is -2.32. The van der Waals surface area contributed by atoms with Crippen LogP contribution in [0.5, 0.6) is 5.75 Å². The van der Waals surface area contributed by atoms with E-state index in [-0.39, 0.29) is 18.3 Å². The number of rotatable bonds is 5. The summed E-state index contributed by atoms with van der Waals surface area (Å²) in [6.45, 7) is 8.86. The normalized spacial score (nSPS) is 17.3. The summed E-state index contributed by atoms with van der Waals surface area (Å²) in [7, 11) is -0.331. The van der Waals surface area contributed by atoms with Crippen LogP contribution >= 0.6 is 0 Å². The summed E-state index contributed by atoms with van der Waals surface area (Å²) in [5.41, 5.74) is 3.85. The predicted molar refractivity (Wildman–Crippen MR) is 118 cm³/mol. The number of hydrogen-bond acceptors (Lipinski definition) is 3. The van der Waals surface area contributed by atoms with Gasteiger partial charge in [0.15, 0.2) is 0 Å². The summed E-state index contributed by atoms with van der Waals surface area (Å²) in [4.78, 5) is 0. The van der Waals surface area contributed by atoms with E-state index < -0.39 is 0 Å². The SMILES string of the molecule is CC1(C)OB(c2ccc(-c3ccc(OCc4ccccc4)cc3)cc2)OC1(C)C. The van der Waals surface area contributed by atoms with Gasteiger partial charge in [0.1, 0.15) is 12.4 Å². The predicted octanol–water partition coefficient (Wildman–Crippen LogP) is 5.23. The van der Waals surface area contributed by atoms with Gasteiger partial charge in [-0.3, -0.25) is 0 Å². The molecule has 0 N–H and O–H groups in total. The van der Waals surface area contributed by atoms with E-state index in [4.69, 9.17) is 14.0 Å². The average molecular weight is 386 g/mol. The maximum absolute atomic E-state index is 6.14. The summed E-state index contributed by atoms with van der Waals surface area (Å²) < 4.78 is 18.1. The molecule has 148 valence electrons. The second-order valence-corrected chi connectivity index (χ2v) is 8.51. The molecule has 0 aromatic heterocycles. The summed E-state index contributed by atoms with van der Waals surface area (Å²) in [5, 5.41) is 0. The minimum Gasteiger partial charge on any atom is -0.489 e. The van der Waals surface area contributed by atoms with Gasteiger partial charge in [-0.2, -0.15) is 0 Å². The maximum atomic E-state index is 6.14. The van der Waals surface area contributed by atoms with Crippen molar-refractivity contribution in [3.8, 4) is 16.9 Å². The molecule has 4 rings (SSSR count). The van der Waals surface area contributed by atoms with Gasteiger partial charge in [-0.05, 0) is 62.0 Å². The van der Waals surface area contributed by atoms with Gasteiger partial charge >= 0.3 is 7.12 Å². The van der Waals surface area contributed by atoms with Crippen molar-refractivity contribution in [3.63, 3.8) is 0 Å². The molecule has 1 heterocycles. The molecule has 1 aliphatic heterocycles. The van der Waals surface area contributed by atoms with Gasteiger partial charge < -0.3 is 14.0 Å². The maximum Gasteiger partial charge on any atom is 0.494 e. The highest BCUT2D eigenvalue weighted by atomic mass is 16.7. The molecule has 0 radical (unpaired) electrons. The molecule has 1 aliphatic rings. The van der Waals surface area contributed by atoms with Gasteiger partial charge in [0.05, 0.1) is 11.2 Å². The first-order valence-corrected chi connectivity index (χ1v) is 10.1. The zero-order valence-electron chi connectivity index (χ0n) is 17.5. The van der Waals surface area contributed by atoms with E-state index in [0.29, 0.717) is 6.61 Å². The molecule has 0 unspecified atom stereocenters. The Morgan fingerprint density at radius 3 is 1.76 bits per heavy atom. The highest BCUT2D eigenvalue weighted by Gasteiger charge is 2.51. The van der Waals surface area contributed by atoms with Crippen molar-refractivity contribution in [1.29, 1.82) is 0 Å². The van der Waals surface area contributed by atoms with E-state index >= 15 is 0 Å². The molecule has 0 spiro atoms. The fraction of sp³-hybridized carbons (Fsp3) is 0.280. The third-order valence-electron chi connectivity index (χ3n) is 5.87. The fourth-order valence-corrected chi connectivity index (χ4v) is 3.30. The van der Waals surface area contributed by atoms with Crippen LogP contribution in [0.1, 0.15) is 33.3 Å². The summed E-state index contributed by atoms with van der Waals surface area (Å²) >= 11 is 0. The van der Waals surface area contributed by atoms with Gasteiger partial charge in [0.2, 0.25) is 0 Å². The van der Waals surface area contributed by atoms with Crippen molar-refractivity contribution in [2.75, 3.05) is 0 Å². The molecule has 3 nitrogen and oxygen atoms in total.